The molecule has 0 spiro atoms. The van der Waals surface area contributed by atoms with Crippen LogP contribution in [0.2, 0.25) is 0 Å². The average molecular weight is 703 g/mol. The lowest BCUT2D eigenvalue weighted by Gasteiger charge is -2.40. The molecule has 1 fully saturated rings. The SMILES string of the molecule is CC/C=C/C/C=C/CCC(=O)OCC(CO[C@H]1O[C@H](CS(=O)(=O)O)[C@@H](O)C(O)C1O)OC(=O)CC/C=C/C/C=C/CCCCCCCC. The second-order valence-electron chi connectivity index (χ2n) is 11.8. The maximum absolute atomic E-state index is 12.6. The first-order chi connectivity index (χ1) is 23.0. The largest absolute Gasteiger partial charge is 0.462 e. The summed E-state index contributed by atoms with van der Waals surface area (Å²) in [5.74, 6) is -2.17. The second kappa shape index (κ2) is 26.5. The number of hydrogen-bond donors (Lipinski definition) is 4. The van der Waals surface area contributed by atoms with E-state index in [1.807, 2.05) is 43.4 Å². The maximum Gasteiger partial charge on any atom is 0.306 e. The van der Waals surface area contributed by atoms with Crippen LogP contribution < -0.4 is 0 Å². The van der Waals surface area contributed by atoms with Crippen LogP contribution >= 0.6 is 0 Å². The summed E-state index contributed by atoms with van der Waals surface area (Å²) in [4.78, 5) is 24.9. The Labute approximate surface area is 286 Å². The van der Waals surface area contributed by atoms with Crippen molar-refractivity contribution < 1.29 is 56.8 Å². The van der Waals surface area contributed by atoms with Crippen LogP contribution in [0.5, 0.6) is 0 Å². The molecule has 1 aliphatic heterocycles. The van der Waals surface area contributed by atoms with E-state index in [9.17, 15) is 33.3 Å². The number of rotatable bonds is 26. The molecule has 276 valence electrons. The molecule has 48 heavy (non-hydrogen) atoms. The van der Waals surface area contributed by atoms with E-state index >= 15 is 0 Å². The fraction of sp³-hybridized carbons (Fsp3) is 0.714. The van der Waals surface area contributed by atoms with E-state index < -0.39 is 71.2 Å². The van der Waals surface area contributed by atoms with Crippen LogP contribution in [0.4, 0.5) is 0 Å². The molecule has 0 aliphatic carbocycles. The molecular weight excluding hydrogens is 644 g/mol. The molecule has 3 unspecified atom stereocenters. The van der Waals surface area contributed by atoms with Crippen molar-refractivity contribution in [2.75, 3.05) is 19.0 Å². The number of carbonyl (C=O) groups excluding carboxylic acids is 2. The fourth-order valence-electron chi connectivity index (χ4n) is 4.73. The first kappa shape index (κ1) is 43.6. The zero-order chi connectivity index (χ0) is 35.6. The number of ether oxygens (including phenoxy) is 4. The number of esters is 2. The molecule has 0 saturated carbocycles. The predicted octanol–water partition coefficient (Wildman–Crippen LogP) is 4.88. The van der Waals surface area contributed by atoms with Crippen molar-refractivity contribution in [3.8, 4) is 0 Å². The molecule has 1 saturated heterocycles. The molecule has 1 heterocycles. The van der Waals surface area contributed by atoms with Crippen molar-refractivity contribution >= 4 is 22.1 Å². The third-order valence-electron chi connectivity index (χ3n) is 7.42. The van der Waals surface area contributed by atoms with Crippen molar-refractivity contribution in [3.05, 3.63) is 48.6 Å². The highest BCUT2D eigenvalue weighted by atomic mass is 32.2. The van der Waals surface area contributed by atoms with Crippen molar-refractivity contribution in [3.63, 3.8) is 0 Å². The predicted molar refractivity (Wildman–Crippen MR) is 182 cm³/mol. The summed E-state index contributed by atoms with van der Waals surface area (Å²) in [6, 6.07) is 0. The molecule has 13 heteroatoms. The Bertz CT molecular complexity index is 1100. The second-order valence-corrected chi connectivity index (χ2v) is 13.3. The van der Waals surface area contributed by atoms with Gasteiger partial charge in [0.05, 0.1) is 6.61 Å². The van der Waals surface area contributed by atoms with E-state index in [1.165, 1.54) is 38.5 Å². The molecule has 1 aliphatic rings. The number of aliphatic hydroxyl groups excluding tert-OH is 3. The fourth-order valence-corrected chi connectivity index (χ4v) is 5.42. The van der Waals surface area contributed by atoms with Gasteiger partial charge in [0.2, 0.25) is 0 Å². The molecule has 6 atom stereocenters. The standard InChI is InChI=1S/C35H58O12S/c1-3-5-7-9-11-12-13-14-15-16-18-20-22-24-31(37)46-28(25-44-30(36)23-21-19-17-10-8-6-4-2)26-45-35-34(40)33(39)32(38)29(47-35)27-48(41,42)43/h6,8,14-15,17-20,28-29,32-35,38-40H,3-5,7,9-13,16,21-27H2,1-2H3,(H,41,42,43)/b8-6+,15-14+,19-17+,20-18+/t28?,29-,32-,33?,34?,35+/m1/s1. The molecular formula is C35H58O12S. The first-order valence-corrected chi connectivity index (χ1v) is 18.8. The lowest BCUT2D eigenvalue weighted by molar-refractivity contribution is -0.297. The van der Waals surface area contributed by atoms with Gasteiger partial charge in [0.1, 0.15) is 36.8 Å². The molecule has 0 aromatic heterocycles. The van der Waals surface area contributed by atoms with E-state index in [1.54, 1.807) is 0 Å². The topological polar surface area (TPSA) is 186 Å². The Morgan fingerprint density at radius 1 is 0.729 bits per heavy atom. The Hall–Kier alpha value is -2.39. The number of hydrogen-bond acceptors (Lipinski definition) is 11. The normalized spacial score (nSPS) is 22.7. The minimum Gasteiger partial charge on any atom is -0.462 e. The summed E-state index contributed by atoms with van der Waals surface area (Å²) >= 11 is 0. The Morgan fingerprint density at radius 3 is 1.94 bits per heavy atom. The van der Waals surface area contributed by atoms with Gasteiger partial charge >= 0.3 is 11.9 Å². The van der Waals surface area contributed by atoms with Crippen molar-refractivity contribution in [2.24, 2.45) is 0 Å². The Kier molecular flexibility index (Phi) is 24.1. The third kappa shape index (κ3) is 21.6. The molecule has 0 aromatic rings. The minimum atomic E-state index is -4.60. The molecule has 0 aromatic carbocycles. The average Bonchev–Trinajstić information content (AvgIpc) is 3.04. The highest BCUT2D eigenvalue weighted by Gasteiger charge is 2.46. The van der Waals surface area contributed by atoms with Gasteiger partial charge < -0.3 is 34.3 Å². The smallest absolute Gasteiger partial charge is 0.306 e. The highest BCUT2D eigenvalue weighted by Crippen LogP contribution is 2.23. The van der Waals surface area contributed by atoms with Crippen LogP contribution in [0.25, 0.3) is 0 Å². The van der Waals surface area contributed by atoms with Gasteiger partial charge in [0.25, 0.3) is 10.1 Å². The van der Waals surface area contributed by atoms with Gasteiger partial charge in [-0.05, 0) is 44.9 Å². The van der Waals surface area contributed by atoms with E-state index in [2.05, 4.69) is 19.1 Å². The van der Waals surface area contributed by atoms with Gasteiger partial charge in [-0.15, -0.1) is 0 Å². The quantitative estimate of drug-likeness (QED) is 0.0415. The summed E-state index contributed by atoms with van der Waals surface area (Å²) < 4.78 is 53.4. The van der Waals surface area contributed by atoms with Crippen LogP contribution in [0.1, 0.15) is 104 Å². The van der Waals surface area contributed by atoms with Crippen molar-refractivity contribution in [1.29, 1.82) is 0 Å². The molecule has 0 radical (unpaired) electrons. The van der Waals surface area contributed by atoms with Gasteiger partial charge in [-0.3, -0.25) is 14.1 Å². The van der Waals surface area contributed by atoms with Crippen LogP contribution in [0, 0.1) is 0 Å². The number of carbonyl (C=O) groups is 2. The van der Waals surface area contributed by atoms with E-state index in [-0.39, 0.29) is 19.4 Å². The van der Waals surface area contributed by atoms with E-state index in [4.69, 9.17) is 23.5 Å². The number of allylic oxidation sites excluding steroid dienone is 8. The highest BCUT2D eigenvalue weighted by molar-refractivity contribution is 7.85. The van der Waals surface area contributed by atoms with Crippen LogP contribution in [-0.4, -0.2) is 96.0 Å². The summed E-state index contributed by atoms with van der Waals surface area (Å²) in [5.41, 5.74) is 0. The van der Waals surface area contributed by atoms with E-state index in [0.717, 1.165) is 25.7 Å². The molecule has 12 nitrogen and oxygen atoms in total. The zero-order valence-electron chi connectivity index (χ0n) is 28.6. The summed E-state index contributed by atoms with van der Waals surface area (Å²) in [6.07, 6.45) is 18.2. The van der Waals surface area contributed by atoms with Gasteiger partial charge in [0.15, 0.2) is 12.4 Å². The summed E-state index contributed by atoms with van der Waals surface area (Å²) in [5, 5.41) is 30.6. The first-order valence-electron chi connectivity index (χ1n) is 17.2. The lowest BCUT2D eigenvalue weighted by atomic mass is 10.00. The van der Waals surface area contributed by atoms with Gasteiger partial charge in [-0.25, -0.2) is 0 Å². The monoisotopic (exact) mass is 702 g/mol. The number of aliphatic hydroxyl groups is 3. The molecule has 0 amide bonds. The third-order valence-corrected chi connectivity index (χ3v) is 8.17. The minimum absolute atomic E-state index is 0.0452. The Balaban J connectivity index is 2.64. The van der Waals surface area contributed by atoms with Gasteiger partial charge in [0, 0.05) is 12.8 Å². The summed E-state index contributed by atoms with van der Waals surface area (Å²) in [7, 11) is -4.60. The maximum atomic E-state index is 12.6. The van der Waals surface area contributed by atoms with Crippen molar-refractivity contribution in [2.45, 2.75) is 141 Å². The van der Waals surface area contributed by atoms with Crippen LogP contribution in [0.3, 0.4) is 0 Å². The Morgan fingerprint density at radius 2 is 1.31 bits per heavy atom. The molecule has 1 rings (SSSR count). The van der Waals surface area contributed by atoms with Crippen LogP contribution in [-0.2, 0) is 38.7 Å². The molecule has 0 bridgehead atoms. The van der Waals surface area contributed by atoms with Gasteiger partial charge in [-0.1, -0.05) is 94.6 Å². The van der Waals surface area contributed by atoms with Gasteiger partial charge in [-0.2, -0.15) is 8.42 Å². The van der Waals surface area contributed by atoms with Crippen LogP contribution in [0.15, 0.2) is 48.6 Å². The van der Waals surface area contributed by atoms with E-state index in [0.29, 0.717) is 12.8 Å². The lowest BCUT2D eigenvalue weighted by Crippen LogP contribution is -2.60. The van der Waals surface area contributed by atoms with Crippen molar-refractivity contribution in [1.82, 2.24) is 0 Å². The summed E-state index contributed by atoms with van der Waals surface area (Å²) in [6.45, 7) is 3.43. The molecule has 4 N–H and O–H groups in total. The number of unbranched alkanes of at least 4 members (excludes halogenated alkanes) is 6. The zero-order valence-corrected chi connectivity index (χ0v) is 29.4.